The Balaban J connectivity index is 2.11. The highest BCUT2D eigenvalue weighted by Crippen LogP contribution is 2.48. The molecule has 0 N–H and O–H groups in total. The molecule has 2 aliphatic rings. The van der Waals surface area contributed by atoms with Gasteiger partial charge in [-0.05, 0) is 20.4 Å². The van der Waals surface area contributed by atoms with E-state index in [-0.39, 0.29) is 24.0 Å². The molecule has 1 aromatic heterocycles. The largest absolute Gasteiger partial charge is 0.427 e. The van der Waals surface area contributed by atoms with Crippen LogP contribution in [0.2, 0.25) is 0 Å². The van der Waals surface area contributed by atoms with Crippen molar-refractivity contribution in [3.63, 3.8) is 0 Å². The number of ether oxygens (including phenoxy) is 2. The van der Waals surface area contributed by atoms with E-state index in [1.165, 1.54) is 0 Å². The predicted octanol–water partition coefficient (Wildman–Crippen LogP) is 0.606. The van der Waals surface area contributed by atoms with Crippen molar-refractivity contribution < 1.29 is 23.6 Å². The van der Waals surface area contributed by atoms with Crippen molar-refractivity contribution in [2.24, 2.45) is 0 Å². The standard InChI is InChI=1S/C13H13N3O5/c1-7-9-10(21-15-7)13(20-12(18)11(17)19-9)5-3-8(4-6-14)16(13)2/h8H,3-5H2,1-2H3. The number of nitrogens with zero attached hydrogens (tertiary/aromatic N) is 3. The first-order chi connectivity index (χ1) is 9.99. The molecule has 0 saturated carbocycles. The number of carbonyl (C=O) groups excluding carboxylic acids is 2. The Morgan fingerprint density at radius 2 is 2.24 bits per heavy atom. The van der Waals surface area contributed by atoms with Crippen LogP contribution in [0.3, 0.4) is 0 Å². The van der Waals surface area contributed by atoms with E-state index in [9.17, 15) is 9.59 Å². The van der Waals surface area contributed by atoms with E-state index in [0.717, 1.165) is 0 Å². The highest BCUT2D eigenvalue weighted by atomic mass is 16.6. The Labute approximate surface area is 120 Å². The van der Waals surface area contributed by atoms with E-state index in [0.29, 0.717) is 18.5 Å². The highest BCUT2D eigenvalue weighted by Gasteiger charge is 2.56. The van der Waals surface area contributed by atoms with Gasteiger partial charge in [-0.1, -0.05) is 5.16 Å². The number of aryl methyl sites for hydroxylation is 1. The van der Waals surface area contributed by atoms with E-state index < -0.39 is 17.7 Å². The molecule has 1 spiro atoms. The molecule has 8 heteroatoms. The molecule has 2 aliphatic heterocycles. The summed E-state index contributed by atoms with van der Waals surface area (Å²) >= 11 is 0. The van der Waals surface area contributed by atoms with E-state index in [1.54, 1.807) is 18.9 Å². The van der Waals surface area contributed by atoms with Gasteiger partial charge in [0.05, 0.1) is 12.5 Å². The summed E-state index contributed by atoms with van der Waals surface area (Å²) in [7, 11) is 1.72. The van der Waals surface area contributed by atoms with Gasteiger partial charge in [0, 0.05) is 12.5 Å². The van der Waals surface area contributed by atoms with Gasteiger partial charge in [-0.15, -0.1) is 0 Å². The fourth-order valence-corrected chi connectivity index (χ4v) is 2.87. The lowest BCUT2D eigenvalue weighted by molar-refractivity contribution is -0.189. The molecule has 1 aromatic rings. The highest BCUT2D eigenvalue weighted by molar-refractivity contribution is 6.30. The molecule has 0 bridgehead atoms. The zero-order valence-corrected chi connectivity index (χ0v) is 11.6. The average Bonchev–Trinajstić information content (AvgIpc) is 2.92. The van der Waals surface area contributed by atoms with E-state index in [4.69, 9.17) is 19.3 Å². The molecule has 8 nitrogen and oxygen atoms in total. The second-order valence-corrected chi connectivity index (χ2v) is 5.16. The first kappa shape index (κ1) is 13.6. The maximum Gasteiger partial charge on any atom is 0.423 e. The number of esters is 2. The summed E-state index contributed by atoms with van der Waals surface area (Å²) in [5, 5.41) is 12.7. The number of hydrogen-bond donors (Lipinski definition) is 0. The summed E-state index contributed by atoms with van der Waals surface area (Å²) in [6.45, 7) is 1.61. The Kier molecular flexibility index (Phi) is 2.95. The quantitative estimate of drug-likeness (QED) is 0.547. The number of aromatic nitrogens is 1. The SMILES string of the molecule is Cc1noc2c1OC(=O)C(=O)OC21CCC(CC#N)N1C. The van der Waals surface area contributed by atoms with Gasteiger partial charge >= 0.3 is 11.9 Å². The second-order valence-electron chi connectivity index (χ2n) is 5.16. The van der Waals surface area contributed by atoms with Gasteiger partial charge < -0.3 is 14.0 Å². The third-order valence-corrected chi connectivity index (χ3v) is 4.05. The minimum Gasteiger partial charge on any atom is -0.427 e. The molecule has 110 valence electrons. The van der Waals surface area contributed by atoms with Crippen LogP contribution < -0.4 is 4.74 Å². The number of carbonyl (C=O) groups is 2. The molecule has 1 fully saturated rings. The summed E-state index contributed by atoms with van der Waals surface area (Å²) in [6, 6.07) is 2.00. The molecule has 2 unspecified atom stereocenters. The maximum absolute atomic E-state index is 11.8. The van der Waals surface area contributed by atoms with Gasteiger partial charge in [0.2, 0.25) is 17.2 Å². The van der Waals surface area contributed by atoms with Crippen molar-refractivity contribution in [3.8, 4) is 11.8 Å². The van der Waals surface area contributed by atoms with Crippen LogP contribution >= 0.6 is 0 Å². The number of hydrogen-bond acceptors (Lipinski definition) is 8. The summed E-state index contributed by atoms with van der Waals surface area (Å²) in [5.74, 6) is -1.86. The van der Waals surface area contributed by atoms with Gasteiger partial charge in [0.1, 0.15) is 5.69 Å². The zero-order chi connectivity index (χ0) is 15.2. The summed E-state index contributed by atoms with van der Waals surface area (Å²) < 4.78 is 15.6. The van der Waals surface area contributed by atoms with Gasteiger partial charge in [0.15, 0.2) is 0 Å². The smallest absolute Gasteiger partial charge is 0.423 e. The molecule has 1 saturated heterocycles. The predicted molar refractivity (Wildman–Crippen MR) is 65.7 cm³/mol. The van der Waals surface area contributed by atoms with Crippen molar-refractivity contribution >= 4 is 11.9 Å². The monoisotopic (exact) mass is 291 g/mol. The lowest BCUT2D eigenvalue weighted by Gasteiger charge is -2.33. The second kappa shape index (κ2) is 4.56. The summed E-state index contributed by atoms with van der Waals surface area (Å²) in [5.41, 5.74) is -0.880. The summed E-state index contributed by atoms with van der Waals surface area (Å²) in [4.78, 5) is 25.2. The van der Waals surface area contributed by atoms with Crippen LogP contribution in [0.5, 0.6) is 5.75 Å². The Bertz CT molecular complexity index is 661. The van der Waals surface area contributed by atoms with Crippen molar-refractivity contribution in [1.29, 1.82) is 5.26 Å². The average molecular weight is 291 g/mol. The lowest BCUT2D eigenvalue weighted by Crippen LogP contribution is -2.45. The fraction of sp³-hybridized carbons (Fsp3) is 0.538. The Morgan fingerprint density at radius 1 is 1.48 bits per heavy atom. The third-order valence-electron chi connectivity index (χ3n) is 4.05. The van der Waals surface area contributed by atoms with Crippen LogP contribution in [0.15, 0.2) is 4.52 Å². The minimum atomic E-state index is -1.25. The molecular formula is C13H13N3O5. The molecule has 3 rings (SSSR count). The van der Waals surface area contributed by atoms with Crippen LogP contribution in [-0.4, -0.2) is 35.1 Å². The zero-order valence-electron chi connectivity index (χ0n) is 11.6. The molecule has 2 atom stereocenters. The van der Waals surface area contributed by atoms with Crippen LogP contribution in [-0.2, 0) is 20.1 Å². The molecule has 3 heterocycles. The summed E-state index contributed by atoms with van der Waals surface area (Å²) in [6.07, 6.45) is 1.32. The van der Waals surface area contributed by atoms with Crippen molar-refractivity contribution in [2.75, 3.05) is 7.05 Å². The third kappa shape index (κ3) is 1.81. The first-order valence-electron chi connectivity index (χ1n) is 6.51. The van der Waals surface area contributed by atoms with Gasteiger partial charge in [-0.3, -0.25) is 4.90 Å². The topological polar surface area (TPSA) is 106 Å². The van der Waals surface area contributed by atoms with Crippen molar-refractivity contribution in [1.82, 2.24) is 10.1 Å². The number of rotatable bonds is 1. The normalized spacial score (nSPS) is 28.7. The number of nitriles is 1. The lowest BCUT2D eigenvalue weighted by atomic mass is 10.1. The molecule has 0 aliphatic carbocycles. The Hall–Kier alpha value is -2.40. The van der Waals surface area contributed by atoms with E-state index >= 15 is 0 Å². The van der Waals surface area contributed by atoms with E-state index in [1.807, 2.05) is 0 Å². The van der Waals surface area contributed by atoms with Crippen LogP contribution in [0.25, 0.3) is 0 Å². The van der Waals surface area contributed by atoms with E-state index in [2.05, 4.69) is 11.2 Å². The molecule has 0 radical (unpaired) electrons. The van der Waals surface area contributed by atoms with Gasteiger partial charge in [0.25, 0.3) is 0 Å². The first-order valence-corrected chi connectivity index (χ1v) is 6.51. The van der Waals surface area contributed by atoms with Crippen LogP contribution in [0.4, 0.5) is 0 Å². The van der Waals surface area contributed by atoms with Gasteiger partial charge in [-0.2, -0.15) is 5.26 Å². The van der Waals surface area contributed by atoms with Crippen LogP contribution in [0, 0.1) is 18.3 Å². The minimum absolute atomic E-state index is 0.103. The van der Waals surface area contributed by atoms with Crippen LogP contribution in [0.1, 0.15) is 30.7 Å². The molecule has 0 aromatic carbocycles. The van der Waals surface area contributed by atoms with Crippen molar-refractivity contribution in [2.45, 2.75) is 38.0 Å². The number of fused-ring (bicyclic) bond motifs is 2. The molecule has 21 heavy (non-hydrogen) atoms. The molecular weight excluding hydrogens is 278 g/mol. The maximum atomic E-state index is 11.8. The Morgan fingerprint density at radius 3 is 2.95 bits per heavy atom. The fourth-order valence-electron chi connectivity index (χ4n) is 2.87. The molecule has 0 amide bonds. The van der Waals surface area contributed by atoms with Gasteiger partial charge in [-0.25, -0.2) is 9.59 Å². The number of likely N-dealkylation sites (tertiary alicyclic amines) is 1. The van der Waals surface area contributed by atoms with Crippen molar-refractivity contribution in [3.05, 3.63) is 11.5 Å².